The molecule has 1 fully saturated rings. The van der Waals surface area contributed by atoms with Gasteiger partial charge in [0.25, 0.3) is 11.5 Å². The van der Waals surface area contributed by atoms with Gasteiger partial charge < -0.3 is 9.88 Å². The summed E-state index contributed by atoms with van der Waals surface area (Å²) in [6, 6.07) is 12.9. The van der Waals surface area contributed by atoms with E-state index >= 15 is 0 Å². The first-order valence-corrected chi connectivity index (χ1v) is 11.0. The van der Waals surface area contributed by atoms with Crippen LogP contribution in [-0.4, -0.2) is 48.9 Å². The lowest BCUT2D eigenvalue weighted by Gasteiger charge is -2.32. The molecule has 1 atom stereocenters. The number of hydrogen-bond donors (Lipinski definition) is 1. The Kier molecular flexibility index (Phi) is 5.63. The van der Waals surface area contributed by atoms with Crippen molar-refractivity contribution in [3.63, 3.8) is 0 Å². The van der Waals surface area contributed by atoms with Gasteiger partial charge in [0.15, 0.2) is 11.2 Å². The van der Waals surface area contributed by atoms with Crippen LogP contribution >= 0.6 is 11.6 Å². The fourth-order valence-electron chi connectivity index (χ4n) is 4.15. The molecular formula is C23H20ClFN6O2. The fraction of sp³-hybridized carbons (Fsp3) is 0.261. The Balaban J connectivity index is 1.42. The van der Waals surface area contributed by atoms with E-state index in [9.17, 15) is 14.0 Å². The molecule has 168 valence electrons. The van der Waals surface area contributed by atoms with Crippen molar-refractivity contribution in [3.05, 3.63) is 86.7 Å². The Morgan fingerprint density at radius 1 is 1.21 bits per heavy atom. The molecule has 5 rings (SSSR count). The van der Waals surface area contributed by atoms with Gasteiger partial charge >= 0.3 is 0 Å². The molecule has 3 heterocycles. The Morgan fingerprint density at radius 3 is 2.82 bits per heavy atom. The van der Waals surface area contributed by atoms with Crippen LogP contribution in [0.15, 0.2) is 53.3 Å². The average Bonchev–Trinajstić information content (AvgIpc) is 3.22. The van der Waals surface area contributed by atoms with Crippen LogP contribution in [0.5, 0.6) is 0 Å². The van der Waals surface area contributed by atoms with Crippen LogP contribution in [0.25, 0.3) is 11.2 Å². The van der Waals surface area contributed by atoms with Crippen molar-refractivity contribution < 1.29 is 9.18 Å². The van der Waals surface area contributed by atoms with Gasteiger partial charge in [0, 0.05) is 29.6 Å². The minimum Gasteiger partial charge on any atom is -0.338 e. The van der Waals surface area contributed by atoms with Gasteiger partial charge in [-0.2, -0.15) is 0 Å². The van der Waals surface area contributed by atoms with E-state index in [0.717, 1.165) is 18.4 Å². The number of amides is 1. The van der Waals surface area contributed by atoms with E-state index < -0.39 is 0 Å². The highest BCUT2D eigenvalue weighted by Crippen LogP contribution is 2.26. The van der Waals surface area contributed by atoms with Crippen molar-refractivity contribution in [1.82, 2.24) is 29.9 Å². The molecule has 1 aliphatic rings. The lowest BCUT2D eigenvalue weighted by Crippen LogP contribution is -2.40. The summed E-state index contributed by atoms with van der Waals surface area (Å²) in [5.41, 5.74) is 1.52. The molecule has 0 unspecified atom stereocenters. The number of aromatic amines is 1. The molecule has 0 spiro atoms. The van der Waals surface area contributed by atoms with E-state index in [1.165, 1.54) is 24.3 Å². The fourth-order valence-corrected chi connectivity index (χ4v) is 4.36. The van der Waals surface area contributed by atoms with Crippen LogP contribution in [0.2, 0.25) is 5.02 Å². The predicted molar refractivity (Wildman–Crippen MR) is 121 cm³/mol. The van der Waals surface area contributed by atoms with Crippen molar-refractivity contribution in [3.8, 4) is 0 Å². The van der Waals surface area contributed by atoms with Gasteiger partial charge in [0.05, 0.1) is 6.54 Å². The maximum atomic E-state index is 13.2. The third-order valence-electron chi connectivity index (χ3n) is 5.80. The topological polar surface area (TPSA) is 96.8 Å². The SMILES string of the molecule is O=C(c1ccc(F)cc1)N1CCC[C@@H](c2nc3c(nnn3Cc3cccc(Cl)c3)c(=O)[nH]2)C1. The zero-order valence-electron chi connectivity index (χ0n) is 17.5. The van der Waals surface area contributed by atoms with Gasteiger partial charge in [-0.05, 0) is 54.8 Å². The van der Waals surface area contributed by atoms with E-state index in [-0.39, 0.29) is 28.7 Å². The summed E-state index contributed by atoms with van der Waals surface area (Å²) in [4.78, 5) is 34.8. The number of aromatic nitrogens is 5. The van der Waals surface area contributed by atoms with E-state index in [1.807, 2.05) is 18.2 Å². The number of halogens is 2. The van der Waals surface area contributed by atoms with Crippen LogP contribution in [-0.2, 0) is 6.54 Å². The van der Waals surface area contributed by atoms with E-state index in [2.05, 4.69) is 20.3 Å². The quantitative estimate of drug-likeness (QED) is 0.497. The standard InChI is InChI=1S/C23H20ClFN6O2/c24-17-5-1-3-14(11-17)12-31-21-19(28-29-31)22(32)27-20(26-21)16-4-2-10-30(13-16)23(33)15-6-8-18(25)9-7-15/h1,3,5-9,11,16H,2,4,10,12-13H2,(H,26,27,32)/t16-/m1/s1. The van der Waals surface area contributed by atoms with Gasteiger partial charge in [0.2, 0.25) is 0 Å². The van der Waals surface area contributed by atoms with Crippen LogP contribution in [0.3, 0.4) is 0 Å². The lowest BCUT2D eigenvalue weighted by molar-refractivity contribution is 0.0704. The molecule has 0 bridgehead atoms. The van der Waals surface area contributed by atoms with Crippen molar-refractivity contribution in [2.45, 2.75) is 25.3 Å². The summed E-state index contributed by atoms with van der Waals surface area (Å²) in [7, 11) is 0. The van der Waals surface area contributed by atoms with Crippen molar-refractivity contribution in [2.24, 2.45) is 0 Å². The summed E-state index contributed by atoms with van der Waals surface area (Å²) in [6.45, 7) is 1.36. The second-order valence-electron chi connectivity index (χ2n) is 8.10. The highest BCUT2D eigenvalue weighted by molar-refractivity contribution is 6.30. The molecule has 2 aromatic carbocycles. The first-order chi connectivity index (χ1) is 16.0. The monoisotopic (exact) mass is 466 g/mol. The number of benzene rings is 2. The zero-order chi connectivity index (χ0) is 22.9. The lowest BCUT2D eigenvalue weighted by atomic mass is 9.96. The molecule has 1 N–H and O–H groups in total. The Morgan fingerprint density at radius 2 is 2.03 bits per heavy atom. The Hall–Kier alpha value is -3.59. The van der Waals surface area contributed by atoms with Gasteiger partial charge in [-0.3, -0.25) is 9.59 Å². The average molecular weight is 467 g/mol. The molecule has 1 aliphatic heterocycles. The number of H-pyrrole nitrogens is 1. The maximum absolute atomic E-state index is 13.2. The number of hydrogen-bond acceptors (Lipinski definition) is 5. The summed E-state index contributed by atoms with van der Waals surface area (Å²) < 4.78 is 14.8. The van der Waals surface area contributed by atoms with Crippen molar-refractivity contribution in [2.75, 3.05) is 13.1 Å². The van der Waals surface area contributed by atoms with Gasteiger partial charge in [0.1, 0.15) is 11.6 Å². The summed E-state index contributed by atoms with van der Waals surface area (Å²) >= 11 is 6.08. The normalized spacial score (nSPS) is 16.3. The third kappa shape index (κ3) is 4.36. The number of rotatable bonds is 4. The minimum atomic E-state index is -0.388. The molecule has 1 saturated heterocycles. The van der Waals surface area contributed by atoms with Crippen LogP contribution in [0, 0.1) is 5.82 Å². The highest BCUT2D eigenvalue weighted by Gasteiger charge is 2.28. The maximum Gasteiger partial charge on any atom is 0.281 e. The minimum absolute atomic E-state index is 0.144. The third-order valence-corrected chi connectivity index (χ3v) is 6.03. The molecule has 0 aliphatic carbocycles. The smallest absolute Gasteiger partial charge is 0.281 e. The second kappa shape index (κ2) is 8.74. The number of fused-ring (bicyclic) bond motifs is 1. The molecule has 10 heteroatoms. The summed E-state index contributed by atoms with van der Waals surface area (Å²) in [5, 5.41) is 8.70. The predicted octanol–water partition coefficient (Wildman–Crippen LogP) is 3.38. The molecule has 8 nitrogen and oxygen atoms in total. The van der Waals surface area contributed by atoms with Crippen LogP contribution in [0.1, 0.15) is 40.5 Å². The van der Waals surface area contributed by atoms with Crippen molar-refractivity contribution in [1.29, 1.82) is 0 Å². The molecule has 0 saturated carbocycles. The number of carbonyl (C=O) groups is 1. The molecule has 33 heavy (non-hydrogen) atoms. The number of likely N-dealkylation sites (tertiary alicyclic amines) is 1. The molecular weight excluding hydrogens is 447 g/mol. The van der Waals surface area contributed by atoms with E-state index in [4.69, 9.17) is 11.6 Å². The Labute approximate surface area is 193 Å². The first-order valence-electron chi connectivity index (χ1n) is 10.6. The largest absolute Gasteiger partial charge is 0.338 e. The van der Waals surface area contributed by atoms with Crippen LogP contribution in [0.4, 0.5) is 4.39 Å². The molecule has 2 aromatic heterocycles. The number of nitrogens with zero attached hydrogens (tertiary/aromatic N) is 5. The molecule has 0 radical (unpaired) electrons. The first kappa shape index (κ1) is 21.3. The number of piperidine rings is 1. The zero-order valence-corrected chi connectivity index (χ0v) is 18.3. The number of nitrogens with one attached hydrogen (secondary N) is 1. The van der Waals surface area contributed by atoms with Gasteiger partial charge in [-0.1, -0.05) is 28.9 Å². The summed E-state index contributed by atoms with van der Waals surface area (Å²) in [6.07, 6.45) is 1.54. The van der Waals surface area contributed by atoms with Crippen molar-refractivity contribution >= 4 is 28.7 Å². The van der Waals surface area contributed by atoms with Crippen LogP contribution < -0.4 is 5.56 Å². The highest BCUT2D eigenvalue weighted by atomic mass is 35.5. The second-order valence-corrected chi connectivity index (χ2v) is 8.53. The molecule has 4 aromatic rings. The summed E-state index contributed by atoms with van der Waals surface area (Å²) in [5.74, 6) is -0.203. The molecule has 1 amide bonds. The van der Waals surface area contributed by atoms with E-state index in [0.29, 0.717) is 41.7 Å². The number of carbonyl (C=O) groups excluding carboxylic acids is 1. The van der Waals surface area contributed by atoms with Gasteiger partial charge in [-0.25, -0.2) is 14.1 Å². The van der Waals surface area contributed by atoms with E-state index in [1.54, 1.807) is 15.6 Å². The Bertz CT molecular complexity index is 1380. The van der Waals surface area contributed by atoms with Gasteiger partial charge in [-0.15, -0.1) is 5.10 Å².